The van der Waals surface area contributed by atoms with E-state index in [0.29, 0.717) is 0 Å². The average Bonchev–Trinajstić information content (AvgIpc) is 3.99. The lowest BCUT2D eigenvalue weighted by Crippen LogP contribution is -2.63. The monoisotopic (exact) mass is 957 g/mol. The quantitative estimate of drug-likeness (QED) is 0.0304. The topological polar surface area (TPSA) is 408 Å². The molecule has 2 aliphatic heterocycles. The van der Waals surface area contributed by atoms with Crippen molar-refractivity contribution in [3.8, 4) is 0 Å². The largest absolute Gasteiger partial charge is 0.481 e. The van der Waals surface area contributed by atoms with Gasteiger partial charge in [-0.15, -0.1) is 10.2 Å². The molecule has 1 saturated heterocycles. The number of aromatic nitrogens is 6. The molecule has 0 aliphatic carbocycles. The molecule has 28 heteroatoms. The Morgan fingerprint density at radius 1 is 0.853 bits per heavy atom. The molecule has 2 aromatic heterocycles. The van der Waals surface area contributed by atoms with Crippen LogP contribution >= 0.6 is 0 Å². The molecule has 2 bridgehead atoms. The lowest BCUT2D eigenvalue weighted by Gasteiger charge is -2.40. The van der Waals surface area contributed by atoms with E-state index in [-0.39, 0.29) is 82.1 Å². The van der Waals surface area contributed by atoms with Crippen molar-refractivity contribution in [1.29, 1.82) is 0 Å². The highest BCUT2D eigenvalue weighted by atomic mass is 19.1. The number of carbonyl (C=O) groups is 7. The summed E-state index contributed by atoms with van der Waals surface area (Å²) in [6.45, 7) is -2.25. The lowest BCUT2D eigenvalue weighted by molar-refractivity contribution is -0.219. The maximum absolute atomic E-state index is 14.2. The fourth-order valence-corrected chi connectivity index (χ4v) is 7.30. The standard InChI is InChI=1S/C40H56FN15O12/c41-15-22-18-55(53-51-22)20-30(58)46-16-28-32(61)33(62)34(63)35(68-28)39(67)44-11-5-4-10-27-38(66)49-23(9-6-12-45-40(42)43)36(64)47-17-29(57)48-25(14-31(59)60)37(65)50-24(26-19-56(27)54-52-26)13-21-7-2-1-3-8-21/h1-3,7-8,18-19,23-25,27-28,32-35,61-63H,4-6,9-17,20H2,(H,44,67)(H,46,58)(H,47,64)(H,48,57)(H,49,66)(H,50,65)(H,59,60)(H4,42,43,45)/t23-,24-,25-,27-,28+,32-,33?,34-,35?/m0/s1. The zero-order valence-electron chi connectivity index (χ0n) is 36.6. The van der Waals surface area contributed by atoms with E-state index in [0.717, 1.165) is 10.2 Å². The number of amides is 6. The third-order valence-electron chi connectivity index (χ3n) is 10.8. The lowest BCUT2D eigenvalue weighted by atomic mass is 9.94. The number of nitrogens with two attached hydrogens (primary N) is 2. The third-order valence-corrected chi connectivity index (χ3v) is 10.8. The van der Waals surface area contributed by atoms with Crippen LogP contribution in [0.1, 0.15) is 67.6 Å². The second-order valence-corrected chi connectivity index (χ2v) is 16.0. The first-order chi connectivity index (χ1) is 32.5. The van der Waals surface area contributed by atoms with Crippen LogP contribution in [0.4, 0.5) is 4.39 Å². The van der Waals surface area contributed by atoms with Gasteiger partial charge in [0, 0.05) is 19.6 Å². The summed E-state index contributed by atoms with van der Waals surface area (Å²) in [6.07, 6.45) is -5.72. The second-order valence-electron chi connectivity index (χ2n) is 16.0. The molecule has 14 N–H and O–H groups in total. The Balaban J connectivity index is 1.30. The summed E-state index contributed by atoms with van der Waals surface area (Å²) in [7, 11) is 0. The summed E-state index contributed by atoms with van der Waals surface area (Å²) in [5, 5.41) is 72.3. The van der Waals surface area contributed by atoms with Crippen LogP contribution in [-0.2, 0) is 57.9 Å². The number of alkyl halides is 1. The van der Waals surface area contributed by atoms with Crippen LogP contribution in [0.3, 0.4) is 0 Å². The molecule has 3 aromatic rings. The van der Waals surface area contributed by atoms with Crippen LogP contribution in [-0.4, -0.2) is 167 Å². The number of aliphatic carboxylic acids is 1. The highest BCUT2D eigenvalue weighted by Crippen LogP contribution is 2.23. The van der Waals surface area contributed by atoms with E-state index in [1.165, 1.54) is 17.1 Å². The second kappa shape index (κ2) is 25.1. The van der Waals surface area contributed by atoms with Gasteiger partial charge in [0.05, 0.1) is 31.4 Å². The minimum absolute atomic E-state index is 0.0000636. The van der Waals surface area contributed by atoms with Crippen LogP contribution in [0.5, 0.6) is 0 Å². The van der Waals surface area contributed by atoms with Gasteiger partial charge >= 0.3 is 5.97 Å². The molecule has 1 fully saturated rings. The molecular formula is C40H56FN15O12. The highest BCUT2D eigenvalue weighted by molar-refractivity contribution is 5.94. The van der Waals surface area contributed by atoms with E-state index >= 15 is 0 Å². The van der Waals surface area contributed by atoms with Crippen molar-refractivity contribution < 1.29 is 63.1 Å². The number of benzene rings is 1. The summed E-state index contributed by atoms with van der Waals surface area (Å²) < 4.78 is 20.8. The van der Waals surface area contributed by atoms with E-state index in [1.54, 1.807) is 30.3 Å². The molecule has 9 atom stereocenters. The van der Waals surface area contributed by atoms with Crippen LogP contribution in [0.25, 0.3) is 0 Å². The summed E-state index contributed by atoms with van der Waals surface area (Å²) in [5.74, 6) is -6.30. The van der Waals surface area contributed by atoms with Gasteiger partial charge in [-0.25, -0.2) is 13.8 Å². The predicted molar refractivity (Wildman–Crippen MR) is 231 cm³/mol. The number of carboxylic acids is 1. The Kier molecular flexibility index (Phi) is 19.1. The molecule has 0 saturated carbocycles. The average molecular weight is 958 g/mol. The van der Waals surface area contributed by atoms with Gasteiger partial charge in [0.25, 0.3) is 5.91 Å². The normalized spacial score (nSPS) is 24.7. The molecule has 2 unspecified atom stereocenters. The fraction of sp³-hybridized carbons (Fsp3) is 0.550. The first-order valence-corrected chi connectivity index (χ1v) is 21.6. The Morgan fingerprint density at radius 3 is 2.31 bits per heavy atom. The van der Waals surface area contributed by atoms with E-state index in [1.807, 2.05) is 0 Å². The molecule has 68 heavy (non-hydrogen) atoms. The zero-order valence-corrected chi connectivity index (χ0v) is 36.6. The number of aliphatic hydroxyl groups is 3. The van der Waals surface area contributed by atoms with Crippen molar-refractivity contribution in [3.05, 3.63) is 59.7 Å². The number of carboxylic acid groups (broad SMARTS) is 1. The number of aliphatic imine (C=N–C) groups is 1. The molecule has 0 radical (unpaired) electrons. The van der Waals surface area contributed by atoms with Crippen LogP contribution in [0.15, 0.2) is 47.7 Å². The number of unbranched alkanes of at least 4 members (excludes halogenated alkanes) is 1. The van der Waals surface area contributed by atoms with E-state index in [4.69, 9.17) is 16.2 Å². The number of carbonyl (C=O) groups excluding carboxylic acids is 6. The number of nitrogens with zero attached hydrogens (tertiary/aromatic N) is 7. The minimum atomic E-state index is -1.85. The summed E-state index contributed by atoms with van der Waals surface area (Å²) in [5.41, 5.74) is 11.8. The van der Waals surface area contributed by atoms with Crippen molar-refractivity contribution in [2.75, 3.05) is 26.2 Å². The summed E-state index contributed by atoms with van der Waals surface area (Å²) in [4.78, 5) is 95.7. The fourth-order valence-electron chi connectivity index (χ4n) is 7.30. The molecule has 4 heterocycles. The van der Waals surface area contributed by atoms with Gasteiger partial charge in [0.1, 0.15) is 67.1 Å². The Labute approximate surface area is 387 Å². The van der Waals surface area contributed by atoms with Crippen LogP contribution in [0, 0.1) is 0 Å². The van der Waals surface area contributed by atoms with Crippen LogP contribution in [0.2, 0.25) is 0 Å². The zero-order chi connectivity index (χ0) is 49.3. The molecule has 0 spiro atoms. The molecule has 370 valence electrons. The number of hydrogen-bond donors (Lipinski definition) is 12. The maximum atomic E-state index is 14.2. The third kappa shape index (κ3) is 15.2. The number of ether oxygens (including phenoxy) is 1. The first-order valence-electron chi connectivity index (χ1n) is 21.6. The van der Waals surface area contributed by atoms with Gasteiger partial charge in [-0.1, -0.05) is 40.8 Å². The predicted octanol–water partition coefficient (Wildman–Crippen LogP) is -5.14. The van der Waals surface area contributed by atoms with Crippen molar-refractivity contribution in [3.63, 3.8) is 0 Å². The number of nitrogens with one attached hydrogen (secondary N) is 6. The van der Waals surface area contributed by atoms with E-state index in [9.17, 15) is 58.4 Å². The summed E-state index contributed by atoms with van der Waals surface area (Å²) >= 11 is 0. The van der Waals surface area contributed by atoms with Gasteiger partial charge < -0.3 is 68.5 Å². The van der Waals surface area contributed by atoms with Crippen molar-refractivity contribution >= 4 is 47.4 Å². The van der Waals surface area contributed by atoms with Crippen LogP contribution < -0.4 is 43.4 Å². The molecule has 2 aliphatic rings. The van der Waals surface area contributed by atoms with E-state index in [2.05, 4.69) is 57.5 Å². The number of halogens is 1. The van der Waals surface area contributed by atoms with Crippen molar-refractivity contribution in [2.45, 2.75) is 113 Å². The number of rotatable bonds is 19. The van der Waals surface area contributed by atoms with Gasteiger partial charge in [-0.3, -0.25) is 38.6 Å². The number of guanidine groups is 1. The molecule has 27 nitrogen and oxygen atoms in total. The molecule has 5 rings (SSSR count). The smallest absolute Gasteiger partial charge is 0.305 e. The number of aliphatic hydroxyl groups excluding tert-OH is 3. The molecule has 1 aromatic carbocycles. The Hall–Kier alpha value is -7.17. The van der Waals surface area contributed by atoms with Crippen molar-refractivity contribution in [2.24, 2.45) is 16.5 Å². The first kappa shape index (κ1) is 51.8. The molecule has 6 amide bonds. The van der Waals surface area contributed by atoms with Gasteiger partial charge in [0.15, 0.2) is 12.1 Å². The SMILES string of the molecule is NC(N)=NCCC[C@@H]1NC(=O)[C@H](CCCCNC(=O)C2O[C@H](CNC(=O)Cn3cc(CF)nn3)[C@H](O)C(O)[C@@H]2O)n2cc(nn2)[C@H](Cc2ccccc2)NC(=O)[C@H](CC(=O)O)NC(=O)CNC1=O. The maximum Gasteiger partial charge on any atom is 0.305 e. The highest BCUT2D eigenvalue weighted by Gasteiger charge is 2.46. The molecular weight excluding hydrogens is 902 g/mol. The van der Waals surface area contributed by atoms with Crippen molar-refractivity contribution in [1.82, 2.24) is 61.9 Å². The van der Waals surface area contributed by atoms with Gasteiger partial charge in [-0.2, -0.15) is 0 Å². The Morgan fingerprint density at radius 2 is 1.60 bits per heavy atom. The number of fused-ring (bicyclic) bond motifs is 2. The summed E-state index contributed by atoms with van der Waals surface area (Å²) in [6, 6.07) is 4.01. The Bertz CT molecular complexity index is 2240. The van der Waals surface area contributed by atoms with Gasteiger partial charge in [0.2, 0.25) is 29.5 Å². The number of hydrogen-bond acceptors (Lipinski definition) is 16. The van der Waals surface area contributed by atoms with E-state index < -0.39 is 116 Å². The minimum Gasteiger partial charge on any atom is -0.481 e. The van der Waals surface area contributed by atoms with Gasteiger partial charge in [-0.05, 0) is 44.1 Å².